The second-order valence-electron chi connectivity index (χ2n) is 5.92. The first-order chi connectivity index (χ1) is 11.6. The Kier molecular flexibility index (Phi) is 4.89. The Morgan fingerprint density at radius 2 is 1.58 bits per heavy atom. The molecule has 2 aromatic rings. The standard InChI is InChI=1S/C19H19FN2O2/c20-16-7-5-15(6-8-16)19(24)21-17-9-3-14(4-10-17)13-18(23)22-11-1-2-12-22/h3-10H,1-2,11-13H2,(H,21,24). The minimum Gasteiger partial charge on any atom is -0.342 e. The summed E-state index contributed by atoms with van der Waals surface area (Å²) in [5, 5.41) is 2.76. The lowest BCUT2D eigenvalue weighted by atomic mass is 10.1. The number of anilines is 1. The first kappa shape index (κ1) is 16.2. The lowest BCUT2D eigenvalue weighted by Crippen LogP contribution is -2.29. The van der Waals surface area contributed by atoms with Crippen LogP contribution in [0.1, 0.15) is 28.8 Å². The van der Waals surface area contributed by atoms with Gasteiger partial charge in [-0.3, -0.25) is 9.59 Å². The molecule has 5 heteroatoms. The van der Waals surface area contributed by atoms with Gasteiger partial charge in [-0.2, -0.15) is 0 Å². The summed E-state index contributed by atoms with van der Waals surface area (Å²) in [6.45, 7) is 1.70. The highest BCUT2D eigenvalue weighted by molar-refractivity contribution is 6.04. The smallest absolute Gasteiger partial charge is 0.255 e. The number of nitrogens with zero attached hydrogens (tertiary/aromatic N) is 1. The van der Waals surface area contributed by atoms with Crippen LogP contribution in [0, 0.1) is 5.82 Å². The van der Waals surface area contributed by atoms with Gasteiger partial charge in [0, 0.05) is 24.3 Å². The Balaban J connectivity index is 1.58. The number of halogens is 1. The zero-order valence-corrected chi connectivity index (χ0v) is 13.3. The summed E-state index contributed by atoms with van der Waals surface area (Å²) in [6.07, 6.45) is 2.55. The zero-order valence-electron chi connectivity index (χ0n) is 13.3. The second-order valence-corrected chi connectivity index (χ2v) is 5.92. The van der Waals surface area contributed by atoms with E-state index in [2.05, 4.69) is 5.32 Å². The van der Waals surface area contributed by atoms with Gasteiger partial charge in [-0.1, -0.05) is 12.1 Å². The van der Waals surface area contributed by atoms with Crippen molar-refractivity contribution in [2.45, 2.75) is 19.3 Å². The molecule has 0 saturated carbocycles. The minimum absolute atomic E-state index is 0.149. The predicted molar refractivity (Wildman–Crippen MR) is 90.3 cm³/mol. The highest BCUT2D eigenvalue weighted by Crippen LogP contribution is 2.14. The Morgan fingerprint density at radius 1 is 0.958 bits per heavy atom. The van der Waals surface area contributed by atoms with Gasteiger partial charge in [0.1, 0.15) is 5.82 Å². The molecule has 0 bridgehead atoms. The molecule has 1 fully saturated rings. The SMILES string of the molecule is O=C(Nc1ccc(CC(=O)N2CCCC2)cc1)c1ccc(F)cc1. The molecule has 1 heterocycles. The topological polar surface area (TPSA) is 49.4 Å². The Bertz CT molecular complexity index is 720. The Hall–Kier alpha value is -2.69. The summed E-state index contributed by atoms with van der Waals surface area (Å²) < 4.78 is 12.9. The fraction of sp³-hybridized carbons (Fsp3) is 0.263. The number of carbonyl (C=O) groups is 2. The number of nitrogens with one attached hydrogen (secondary N) is 1. The molecule has 4 nitrogen and oxygen atoms in total. The molecule has 0 unspecified atom stereocenters. The highest BCUT2D eigenvalue weighted by Gasteiger charge is 2.17. The van der Waals surface area contributed by atoms with Crippen molar-refractivity contribution < 1.29 is 14.0 Å². The fourth-order valence-corrected chi connectivity index (χ4v) is 2.76. The van der Waals surface area contributed by atoms with Gasteiger partial charge < -0.3 is 10.2 Å². The molecule has 2 amide bonds. The van der Waals surface area contributed by atoms with Crippen molar-refractivity contribution in [3.63, 3.8) is 0 Å². The Morgan fingerprint density at radius 3 is 2.21 bits per heavy atom. The summed E-state index contributed by atoms with van der Waals surface area (Å²) in [5.74, 6) is -0.523. The van der Waals surface area contributed by atoms with Crippen LogP contribution in [0.25, 0.3) is 0 Å². The lowest BCUT2D eigenvalue weighted by Gasteiger charge is -2.15. The lowest BCUT2D eigenvalue weighted by molar-refractivity contribution is -0.129. The fourth-order valence-electron chi connectivity index (χ4n) is 2.76. The van der Waals surface area contributed by atoms with E-state index in [0.29, 0.717) is 17.7 Å². The maximum atomic E-state index is 12.9. The van der Waals surface area contributed by atoms with Crippen LogP contribution in [-0.4, -0.2) is 29.8 Å². The van der Waals surface area contributed by atoms with Gasteiger partial charge in [-0.05, 0) is 54.8 Å². The van der Waals surface area contributed by atoms with E-state index < -0.39 is 0 Å². The summed E-state index contributed by atoms with van der Waals surface area (Å²) >= 11 is 0. The van der Waals surface area contributed by atoms with Crippen LogP contribution in [0.3, 0.4) is 0 Å². The molecule has 3 rings (SSSR count). The third-order valence-corrected chi connectivity index (χ3v) is 4.13. The van der Waals surface area contributed by atoms with Gasteiger partial charge in [0.25, 0.3) is 5.91 Å². The Labute approximate surface area is 140 Å². The zero-order chi connectivity index (χ0) is 16.9. The van der Waals surface area contributed by atoms with Crippen LogP contribution in [0.5, 0.6) is 0 Å². The number of likely N-dealkylation sites (tertiary alicyclic amines) is 1. The molecule has 1 saturated heterocycles. The average Bonchev–Trinajstić information content (AvgIpc) is 3.12. The maximum Gasteiger partial charge on any atom is 0.255 e. The average molecular weight is 326 g/mol. The largest absolute Gasteiger partial charge is 0.342 e. The monoisotopic (exact) mass is 326 g/mol. The van der Waals surface area contributed by atoms with Crippen molar-refractivity contribution in [2.24, 2.45) is 0 Å². The van der Waals surface area contributed by atoms with Gasteiger partial charge in [0.2, 0.25) is 5.91 Å². The summed E-state index contributed by atoms with van der Waals surface area (Å²) in [4.78, 5) is 26.1. The van der Waals surface area contributed by atoms with Gasteiger partial charge in [0.15, 0.2) is 0 Å². The number of carbonyl (C=O) groups excluding carboxylic acids is 2. The van der Waals surface area contributed by atoms with E-state index in [-0.39, 0.29) is 17.6 Å². The molecule has 124 valence electrons. The van der Waals surface area contributed by atoms with Crippen molar-refractivity contribution >= 4 is 17.5 Å². The summed E-state index contributed by atoms with van der Waals surface area (Å²) in [5.41, 5.74) is 1.96. The normalized spacial score (nSPS) is 13.8. The van der Waals surface area contributed by atoms with Crippen LogP contribution in [0.15, 0.2) is 48.5 Å². The third kappa shape index (κ3) is 3.98. The molecular weight excluding hydrogens is 307 g/mol. The van der Waals surface area contributed by atoms with Gasteiger partial charge >= 0.3 is 0 Å². The molecule has 24 heavy (non-hydrogen) atoms. The predicted octanol–water partition coefficient (Wildman–Crippen LogP) is 3.24. The van der Waals surface area contributed by atoms with Crippen LogP contribution >= 0.6 is 0 Å². The van der Waals surface area contributed by atoms with Crippen molar-refractivity contribution in [1.82, 2.24) is 4.90 Å². The minimum atomic E-state index is -0.376. The van der Waals surface area contributed by atoms with Gasteiger partial charge in [-0.25, -0.2) is 4.39 Å². The number of amides is 2. The molecule has 1 N–H and O–H groups in total. The van der Waals surface area contributed by atoms with E-state index in [9.17, 15) is 14.0 Å². The molecule has 0 aliphatic carbocycles. The van der Waals surface area contributed by atoms with Crippen LogP contribution in [0.2, 0.25) is 0 Å². The van der Waals surface area contributed by atoms with E-state index in [1.165, 1.54) is 24.3 Å². The van der Waals surface area contributed by atoms with Crippen molar-refractivity contribution in [3.8, 4) is 0 Å². The van der Waals surface area contributed by atoms with Crippen LogP contribution in [0.4, 0.5) is 10.1 Å². The van der Waals surface area contributed by atoms with E-state index in [1.807, 2.05) is 17.0 Å². The number of hydrogen-bond donors (Lipinski definition) is 1. The summed E-state index contributed by atoms with van der Waals surface area (Å²) in [6, 6.07) is 12.6. The van der Waals surface area contributed by atoms with Gasteiger partial charge in [0.05, 0.1) is 6.42 Å². The van der Waals surface area contributed by atoms with E-state index in [0.717, 1.165) is 31.5 Å². The molecule has 1 aliphatic heterocycles. The molecule has 2 aromatic carbocycles. The number of rotatable bonds is 4. The third-order valence-electron chi connectivity index (χ3n) is 4.13. The molecule has 0 aromatic heterocycles. The van der Waals surface area contributed by atoms with Crippen LogP contribution in [-0.2, 0) is 11.2 Å². The number of hydrogen-bond acceptors (Lipinski definition) is 2. The molecule has 0 spiro atoms. The van der Waals surface area contributed by atoms with Gasteiger partial charge in [-0.15, -0.1) is 0 Å². The molecule has 0 atom stereocenters. The first-order valence-corrected chi connectivity index (χ1v) is 8.05. The van der Waals surface area contributed by atoms with Crippen molar-refractivity contribution in [3.05, 3.63) is 65.5 Å². The van der Waals surface area contributed by atoms with E-state index in [4.69, 9.17) is 0 Å². The van der Waals surface area contributed by atoms with Crippen molar-refractivity contribution in [2.75, 3.05) is 18.4 Å². The quantitative estimate of drug-likeness (QED) is 0.938. The van der Waals surface area contributed by atoms with Crippen molar-refractivity contribution in [1.29, 1.82) is 0 Å². The molecule has 0 radical (unpaired) electrons. The molecular formula is C19H19FN2O2. The van der Waals surface area contributed by atoms with Crippen LogP contribution < -0.4 is 5.32 Å². The second kappa shape index (κ2) is 7.25. The highest BCUT2D eigenvalue weighted by atomic mass is 19.1. The first-order valence-electron chi connectivity index (χ1n) is 8.05. The molecule has 1 aliphatic rings. The van der Waals surface area contributed by atoms with E-state index in [1.54, 1.807) is 12.1 Å². The number of benzene rings is 2. The summed E-state index contributed by atoms with van der Waals surface area (Å²) in [7, 11) is 0. The maximum absolute atomic E-state index is 12.9. The van der Waals surface area contributed by atoms with E-state index >= 15 is 0 Å².